The van der Waals surface area contributed by atoms with E-state index in [9.17, 15) is 4.79 Å². The zero-order chi connectivity index (χ0) is 14.5. The molecule has 0 radical (unpaired) electrons. The third kappa shape index (κ3) is 3.12. The number of Topliss-reactive ketones (excluding diaryl/α,β-unsaturated/α-hetero) is 1. The number of hydrogen-bond acceptors (Lipinski definition) is 4. The maximum atomic E-state index is 12.5. The highest BCUT2D eigenvalue weighted by Crippen LogP contribution is 2.30. The van der Waals surface area contributed by atoms with E-state index in [-0.39, 0.29) is 11.7 Å². The Labute approximate surface area is 120 Å². The van der Waals surface area contributed by atoms with Crippen LogP contribution in [0.3, 0.4) is 0 Å². The smallest absolute Gasteiger partial charge is 0.167 e. The fourth-order valence-corrected chi connectivity index (χ4v) is 2.58. The number of carbonyl (C=O) groups excluding carboxylic acids is 1. The first-order valence-corrected chi connectivity index (χ1v) is 7.31. The zero-order valence-electron chi connectivity index (χ0n) is 12.4. The van der Waals surface area contributed by atoms with E-state index in [1.54, 1.807) is 0 Å². The van der Waals surface area contributed by atoms with Crippen LogP contribution in [0.5, 0.6) is 11.5 Å². The lowest BCUT2D eigenvalue weighted by Gasteiger charge is -2.15. The van der Waals surface area contributed by atoms with Crippen LogP contribution in [0, 0.1) is 11.8 Å². The molecule has 1 N–H and O–H groups in total. The molecular formula is C16H23NO3. The summed E-state index contributed by atoms with van der Waals surface area (Å²) in [5, 5.41) is 3.27. The minimum atomic E-state index is 0.0578. The molecule has 0 amide bonds. The molecule has 0 aliphatic carbocycles. The summed E-state index contributed by atoms with van der Waals surface area (Å²) in [6, 6.07) is 5.47. The van der Waals surface area contributed by atoms with E-state index in [2.05, 4.69) is 12.2 Å². The monoisotopic (exact) mass is 277 g/mol. The highest BCUT2D eigenvalue weighted by Gasteiger charge is 2.30. The van der Waals surface area contributed by atoms with Gasteiger partial charge in [0, 0.05) is 18.0 Å². The highest BCUT2D eigenvalue weighted by molar-refractivity contribution is 5.99. The first-order chi connectivity index (χ1) is 9.67. The van der Waals surface area contributed by atoms with Gasteiger partial charge in [0.15, 0.2) is 17.3 Å². The first kappa shape index (κ1) is 14.9. The van der Waals surface area contributed by atoms with E-state index in [0.717, 1.165) is 13.1 Å². The molecule has 0 bridgehead atoms. The lowest BCUT2D eigenvalue weighted by molar-refractivity contribution is 0.0907. The molecule has 4 heteroatoms. The number of nitrogens with one attached hydrogen (secondary N) is 1. The Hall–Kier alpha value is -1.55. The summed E-state index contributed by atoms with van der Waals surface area (Å²) in [4.78, 5) is 12.5. The van der Waals surface area contributed by atoms with E-state index in [1.807, 2.05) is 32.0 Å². The number of ketones is 1. The molecule has 20 heavy (non-hydrogen) atoms. The SMILES string of the molecule is CCOc1ccc(C(=O)C2CNCC2C)cc1OCC. The van der Waals surface area contributed by atoms with Crippen molar-refractivity contribution in [2.24, 2.45) is 11.8 Å². The van der Waals surface area contributed by atoms with Crippen molar-refractivity contribution in [1.82, 2.24) is 5.32 Å². The molecule has 0 spiro atoms. The number of carbonyl (C=O) groups is 1. The van der Waals surface area contributed by atoms with E-state index in [0.29, 0.717) is 36.2 Å². The van der Waals surface area contributed by atoms with E-state index >= 15 is 0 Å². The predicted molar refractivity (Wildman–Crippen MR) is 78.6 cm³/mol. The minimum Gasteiger partial charge on any atom is -0.490 e. The van der Waals surface area contributed by atoms with Gasteiger partial charge in [-0.3, -0.25) is 4.79 Å². The van der Waals surface area contributed by atoms with Crippen LogP contribution < -0.4 is 14.8 Å². The van der Waals surface area contributed by atoms with Gasteiger partial charge in [0.1, 0.15) is 0 Å². The van der Waals surface area contributed by atoms with Gasteiger partial charge in [-0.05, 0) is 44.5 Å². The average Bonchev–Trinajstić information content (AvgIpc) is 2.86. The van der Waals surface area contributed by atoms with Crippen LogP contribution in [-0.4, -0.2) is 32.1 Å². The molecule has 1 aliphatic rings. The molecule has 1 aromatic rings. The molecule has 1 aliphatic heterocycles. The summed E-state index contributed by atoms with van der Waals surface area (Å²) in [6.07, 6.45) is 0. The van der Waals surface area contributed by atoms with Crippen LogP contribution in [0.4, 0.5) is 0 Å². The van der Waals surface area contributed by atoms with E-state index < -0.39 is 0 Å². The molecular weight excluding hydrogens is 254 g/mol. The molecule has 1 aromatic carbocycles. The highest BCUT2D eigenvalue weighted by atomic mass is 16.5. The largest absolute Gasteiger partial charge is 0.490 e. The normalized spacial score (nSPS) is 21.8. The second-order valence-electron chi connectivity index (χ2n) is 5.13. The van der Waals surface area contributed by atoms with Gasteiger partial charge in [-0.25, -0.2) is 0 Å². The molecule has 0 aromatic heterocycles. The Morgan fingerprint density at radius 2 is 1.90 bits per heavy atom. The summed E-state index contributed by atoms with van der Waals surface area (Å²) in [5.41, 5.74) is 0.706. The predicted octanol–water partition coefficient (Wildman–Crippen LogP) is 2.52. The molecule has 0 saturated carbocycles. The van der Waals surface area contributed by atoms with Crippen molar-refractivity contribution in [2.75, 3.05) is 26.3 Å². The third-order valence-electron chi connectivity index (χ3n) is 3.68. The van der Waals surface area contributed by atoms with Crippen LogP contribution in [0.25, 0.3) is 0 Å². The number of rotatable bonds is 6. The Kier molecular flexibility index (Phi) is 5.01. The van der Waals surface area contributed by atoms with Gasteiger partial charge in [0.2, 0.25) is 0 Å². The lowest BCUT2D eigenvalue weighted by Crippen LogP contribution is -2.21. The van der Waals surface area contributed by atoms with Crippen molar-refractivity contribution in [2.45, 2.75) is 20.8 Å². The van der Waals surface area contributed by atoms with Crippen molar-refractivity contribution >= 4 is 5.78 Å². The van der Waals surface area contributed by atoms with Crippen molar-refractivity contribution in [3.63, 3.8) is 0 Å². The van der Waals surface area contributed by atoms with Gasteiger partial charge < -0.3 is 14.8 Å². The van der Waals surface area contributed by atoms with Gasteiger partial charge >= 0.3 is 0 Å². The second kappa shape index (κ2) is 6.75. The molecule has 2 atom stereocenters. The van der Waals surface area contributed by atoms with Gasteiger partial charge in [-0.1, -0.05) is 6.92 Å². The molecule has 2 rings (SSSR count). The quantitative estimate of drug-likeness (QED) is 0.812. The Bertz CT molecular complexity index is 473. The van der Waals surface area contributed by atoms with Gasteiger partial charge in [-0.15, -0.1) is 0 Å². The first-order valence-electron chi connectivity index (χ1n) is 7.31. The summed E-state index contributed by atoms with van der Waals surface area (Å²) < 4.78 is 11.1. The summed E-state index contributed by atoms with van der Waals surface area (Å²) in [5.74, 6) is 1.97. The van der Waals surface area contributed by atoms with Crippen molar-refractivity contribution in [3.05, 3.63) is 23.8 Å². The van der Waals surface area contributed by atoms with E-state index in [4.69, 9.17) is 9.47 Å². The number of ether oxygens (including phenoxy) is 2. The molecule has 1 fully saturated rings. The van der Waals surface area contributed by atoms with Gasteiger partial charge in [-0.2, -0.15) is 0 Å². The van der Waals surface area contributed by atoms with Crippen LogP contribution in [-0.2, 0) is 0 Å². The zero-order valence-corrected chi connectivity index (χ0v) is 12.4. The van der Waals surface area contributed by atoms with Crippen LogP contribution >= 0.6 is 0 Å². The Balaban J connectivity index is 2.23. The van der Waals surface area contributed by atoms with Crippen LogP contribution in [0.1, 0.15) is 31.1 Å². The third-order valence-corrected chi connectivity index (χ3v) is 3.68. The Morgan fingerprint density at radius 1 is 1.20 bits per heavy atom. The fourth-order valence-electron chi connectivity index (χ4n) is 2.58. The molecule has 110 valence electrons. The Morgan fingerprint density at radius 3 is 2.50 bits per heavy atom. The maximum absolute atomic E-state index is 12.5. The average molecular weight is 277 g/mol. The van der Waals surface area contributed by atoms with Crippen molar-refractivity contribution in [1.29, 1.82) is 0 Å². The maximum Gasteiger partial charge on any atom is 0.167 e. The number of benzene rings is 1. The van der Waals surface area contributed by atoms with E-state index in [1.165, 1.54) is 0 Å². The molecule has 2 unspecified atom stereocenters. The lowest BCUT2D eigenvalue weighted by atomic mass is 9.89. The molecule has 4 nitrogen and oxygen atoms in total. The second-order valence-corrected chi connectivity index (χ2v) is 5.13. The fraction of sp³-hybridized carbons (Fsp3) is 0.562. The number of hydrogen-bond donors (Lipinski definition) is 1. The van der Waals surface area contributed by atoms with Crippen molar-refractivity contribution < 1.29 is 14.3 Å². The van der Waals surface area contributed by atoms with Gasteiger partial charge in [0.05, 0.1) is 13.2 Å². The van der Waals surface area contributed by atoms with Gasteiger partial charge in [0.25, 0.3) is 0 Å². The molecule has 1 saturated heterocycles. The van der Waals surface area contributed by atoms with Crippen LogP contribution in [0.2, 0.25) is 0 Å². The standard InChI is InChI=1S/C16H23NO3/c1-4-19-14-7-6-12(8-15(14)20-5-2)16(18)13-10-17-9-11(13)3/h6-8,11,13,17H,4-5,9-10H2,1-3H3. The molecule has 1 heterocycles. The minimum absolute atomic E-state index is 0.0578. The van der Waals surface area contributed by atoms with Crippen LogP contribution in [0.15, 0.2) is 18.2 Å². The summed E-state index contributed by atoms with van der Waals surface area (Å²) in [6.45, 7) is 8.77. The van der Waals surface area contributed by atoms with Crippen molar-refractivity contribution in [3.8, 4) is 11.5 Å². The summed E-state index contributed by atoms with van der Waals surface area (Å²) in [7, 11) is 0. The topological polar surface area (TPSA) is 47.6 Å². The summed E-state index contributed by atoms with van der Waals surface area (Å²) >= 11 is 0.